The van der Waals surface area contributed by atoms with E-state index in [9.17, 15) is 4.79 Å². The second-order valence-corrected chi connectivity index (χ2v) is 9.07. The first-order valence-corrected chi connectivity index (χ1v) is 11.0. The van der Waals surface area contributed by atoms with Gasteiger partial charge in [0, 0.05) is 48.1 Å². The zero-order valence-electron chi connectivity index (χ0n) is 18.9. The minimum absolute atomic E-state index is 0.155. The molecule has 2 saturated heterocycles. The monoisotopic (exact) mass is 434 g/mol. The second-order valence-electron chi connectivity index (χ2n) is 9.07. The molecule has 9 nitrogen and oxygen atoms in total. The molecule has 2 aliphatic heterocycles. The summed E-state index contributed by atoms with van der Waals surface area (Å²) in [5, 5.41) is 15.8. The van der Waals surface area contributed by atoms with E-state index in [1.807, 2.05) is 31.1 Å². The van der Waals surface area contributed by atoms with Crippen molar-refractivity contribution in [2.45, 2.75) is 50.2 Å². The summed E-state index contributed by atoms with van der Waals surface area (Å²) in [4.78, 5) is 29.6. The fourth-order valence-electron chi connectivity index (χ4n) is 4.78. The fraction of sp³-hybridized carbons (Fsp3) is 0.522. The Balaban J connectivity index is 1.54. The number of hydrogen-bond acceptors (Lipinski definition) is 9. The first kappa shape index (κ1) is 22.1. The van der Waals surface area contributed by atoms with Crippen molar-refractivity contribution in [1.82, 2.24) is 24.8 Å². The summed E-state index contributed by atoms with van der Waals surface area (Å²) < 4.78 is 0. The van der Waals surface area contributed by atoms with Crippen LogP contribution < -0.4 is 10.6 Å². The molecule has 4 rings (SSSR count). The van der Waals surface area contributed by atoms with E-state index in [4.69, 9.17) is 5.26 Å². The van der Waals surface area contributed by atoms with Crippen molar-refractivity contribution in [1.29, 1.82) is 5.26 Å². The van der Waals surface area contributed by atoms with E-state index < -0.39 is 0 Å². The largest absolute Gasteiger partial charge is 0.382 e. The molecule has 9 heteroatoms. The third kappa shape index (κ3) is 5.21. The van der Waals surface area contributed by atoms with Crippen LogP contribution in [0.5, 0.6) is 0 Å². The minimum atomic E-state index is 0.155. The van der Waals surface area contributed by atoms with Crippen molar-refractivity contribution >= 4 is 23.1 Å². The molecule has 2 fully saturated rings. The van der Waals surface area contributed by atoms with Crippen molar-refractivity contribution < 1.29 is 4.79 Å². The number of ketones is 1. The van der Waals surface area contributed by atoms with Crippen LogP contribution in [0.25, 0.3) is 0 Å². The zero-order chi connectivity index (χ0) is 22.7. The van der Waals surface area contributed by atoms with Gasteiger partial charge in [-0.15, -0.1) is 0 Å². The van der Waals surface area contributed by atoms with Crippen LogP contribution in [-0.2, 0) is 11.2 Å². The molecule has 2 aliphatic rings. The van der Waals surface area contributed by atoms with Crippen molar-refractivity contribution in [2.24, 2.45) is 0 Å². The summed E-state index contributed by atoms with van der Waals surface area (Å²) in [6.45, 7) is 0.401. The van der Waals surface area contributed by atoms with E-state index in [1.54, 1.807) is 6.20 Å². The number of nitrogens with zero attached hydrogens (tertiary/aromatic N) is 6. The average molecular weight is 435 g/mol. The number of likely N-dealkylation sites (N-methyl/N-ethyl adjacent to an activating group) is 1. The van der Waals surface area contributed by atoms with Crippen molar-refractivity contribution in [2.75, 3.05) is 38.3 Å². The van der Waals surface area contributed by atoms with Gasteiger partial charge in [-0.25, -0.2) is 15.0 Å². The number of fused-ring (bicyclic) bond motifs is 2. The molecule has 0 aromatic carbocycles. The Hall–Kier alpha value is -3.09. The number of Topliss-reactive ketones (excluding diaryl/α,β-unsaturated/α-hetero) is 1. The summed E-state index contributed by atoms with van der Waals surface area (Å²) in [5.74, 6) is 1.28. The number of piperidine rings is 1. The molecule has 2 unspecified atom stereocenters. The topological polar surface area (TPSA) is 110 Å². The van der Waals surface area contributed by atoms with Gasteiger partial charge < -0.3 is 20.4 Å². The number of aromatic nitrogens is 3. The maximum atomic E-state index is 12.5. The quantitative estimate of drug-likeness (QED) is 0.646. The normalized spacial score (nSPS) is 22.5. The molecule has 2 N–H and O–H groups in total. The standard InChI is InChI=1S/C23H30N8O/c1-30(2)14-20(32)6-15-11-26-22(29-23-13-25-17(10-24)12-27-23)9-21(15)28-16-7-18-4-5-19(8-16)31(18)3/h9,11-13,16,18-19H,4-8,14H2,1-3H3,(H2,26,27,28,29). The summed E-state index contributed by atoms with van der Waals surface area (Å²) in [5.41, 5.74) is 2.10. The average Bonchev–Trinajstić information content (AvgIpc) is 2.96. The Morgan fingerprint density at radius 3 is 2.50 bits per heavy atom. The lowest BCUT2D eigenvalue weighted by Gasteiger charge is -2.37. The van der Waals surface area contributed by atoms with E-state index in [0.717, 1.165) is 24.1 Å². The molecule has 0 amide bonds. The number of nitriles is 1. The van der Waals surface area contributed by atoms with Crippen LogP contribution in [0.4, 0.5) is 17.3 Å². The van der Waals surface area contributed by atoms with Crippen LogP contribution in [0.1, 0.15) is 36.9 Å². The van der Waals surface area contributed by atoms with Crippen LogP contribution >= 0.6 is 0 Å². The van der Waals surface area contributed by atoms with Crippen LogP contribution in [-0.4, -0.2) is 76.3 Å². The van der Waals surface area contributed by atoms with Gasteiger partial charge >= 0.3 is 0 Å². The molecule has 2 aromatic heterocycles. The maximum Gasteiger partial charge on any atom is 0.158 e. The highest BCUT2D eigenvalue weighted by Crippen LogP contribution is 2.36. The van der Waals surface area contributed by atoms with Crippen LogP contribution in [0.2, 0.25) is 0 Å². The van der Waals surface area contributed by atoms with Crippen LogP contribution in [0.15, 0.2) is 24.7 Å². The Kier molecular flexibility index (Phi) is 6.63. The summed E-state index contributed by atoms with van der Waals surface area (Å²) >= 11 is 0. The molecule has 2 aromatic rings. The lowest BCUT2D eigenvalue weighted by molar-refractivity contribution is -0.119. The van der Waals surface area contributed by atoms with E-state index >= 15 is 0 Å². The Morgan fingerprint density at radius 1 is 1.16 bits per heavy atom. The number of hydrogen-bond donors (Lipinski definition) is 2. The van der Waals surface area contributed by atoms with Gasteiger partial charge in [-0.05, 0) is 46.8 Å². The molecule has 4 heterocycles. The van der Waals surface area contributed by atoms with Crippen molar-refractivity contribution in [3.63, 3.8) is 0 Å². The van der Waals surface area contributed by atoms with Gasteiger partial charge in [0.05, 0.1) is 18.9 Å². The van der Waals surface area contributed by atoms with Gasteiger partial charge in [0.25, 0.3) is 0 Å². The molecule has 2 atom stereocenters. The van der Waals surface area contributed by atoms with Crippen molar-refractivity contribution in [3.05, 3.63) is 35.9 Å². The SMILES string of the molecule is CN(C)CC(=O)Cc1cnc(Nc2cnc(C#N)cn2)cc1NC1CC2CCC(C1)N2C. The zero-order valence-corrected chi connectivity index (χ0v) is 18.9. The maximum absolute atomic E-state index is 12.5. The number of carbonyl (C=O) groups is 1. The van der Waals surface area contributed by atoms with Crippen molar-refractivity contribution in [3.8, 4) is 6.07 Å². The Bertz CT molecular complexity index is 986. The predicted octanol–water partition coefficient (Wildman–Crippen LogP) is 2.20. The molecular weight excluding hydrogens is 404 g/mol. The summed E-state index contributed by atoms with van der Waals surface area (Å²) in [6, 6.07) is 5.52. The van der Waals surface area contributed by atoms with Gasteiger partial charge in [-0.1, -0.05) is 0 Å². The molecule has 0 radical (unpaired) electrons. The molecule has 32 heavy (non-hydrogen) atoms. The predicted molar refractivity (Wildman–Crippen MR) is 123 cm³/mol. The van der Waals surface area contributed by atoms with Gasteiger partial charge in [-0.2, -0.15) is 5.26 Å². The third-order valence-electron chi connectivity index (χ3n) is 6.35. The molecule has 0 spiro atoms. The highest BCUT2D eigenvalue weighted by molar-refractivity contribution is 5.84. The number of carbonyl (C=O) groups excluding carboxylic acids is 1. The second kappa shape index (κ2) is 9.59. The lowest BCUT2D eigenvalue weighted by atomic mass is 9.97. The van der Waals surface area contributed by atoms with Gasteiger partial charge in [0.1, 0.15) is 17.7 Å². The van der Waals surface area contributed by atoms with Gasteiger partial charge in [0.15, 0.2) is 11.5 Å². The lowest BCUT2D eigenvalue weighted by Crippen LogP contribution is -2.44. The summed E-state index contributed by atoms with van der Waals surface area (Å²) in [7, 11) is 6.03. The van der Waals surface area contributed by atoms with E-state index in [1.165, 1.54) is 25.2 Å². The molecule has 0 aliphatic carbocycles. The fourth-order valence-corrected chi connectivity index (χ4v) is 4.78. The first-order valence-electron chi connectivity index (χ1n) is 11.0. The minimum Gasteiger partial charge on any atom is -0.382 e. The van der Waals surface area contributed by atoms with E-state index in [2.05, 4.69) is 37.5 Å². The Morgan fingerprint density at radius 2 is 1.88 bits per heavy atom. The van der Waals surface area contributed by atoms with Gasteiger partial charge in [-0.3, -0.25) is 4.79 Å². The van der Waals surface area contributed by atoms with Gasteiger partial charge in [0.2, 0.25) is 0 Å². The first-order chi connectivity index (χ1) is 15.4. The third-order valence-corrected chi connectivity index (χ3v) is 6.35. The van der Waals surface area contributed by atoms with Crippen LogP contribution in [0, 0.1) is 11.3 Å². The van der Waals surface area contributed by atoms with E-state index in [0.29, 0.717) is 42.7 Å². The molecule has 168 valence electrons. The number of anilines is 3. The summed E-state index contributed by atoms with van der Waals surface area (Å²) in [6.07, 6.45) is 9.75. The number of rotatable bonds is 8. The molecular formula is C23H30N8O. The highest BCUT2D eigenvalue weighted by Gasteiger charge is 2.38. The van der Waals surface area contributed by atoms with Crippen LogP contribution in [0.3, 0.4) is 0 Å². The smallest absolute Gasteiger partial charge is 0.158 e. The number of pyridine rings is 1. The number of nitrogens with one attached hydrogen (secondary N) is 2. The molecule has 2 bridgehead atoms. The molecule has 0 saturated carbocycles. The van der Waals surface area contributed by atoms with E-state index in [-0.39, 0.29) is 11.5 Å². The Labute approximate surface area is 188 Å². The highest BCUT2D eigenvalue weighted by atomic mass is 16.1.